The van der Waals surface area contributed by atoms with Crippen molar-refractivity contribution in [2.45, 2.75) is 109 Å². The minimum Gasteiger partial charge on any atom is -0.480 e. The Morgan fingerprint density at radius 2 is 1.41 bits per heavy atom. The quantitative estimate of drug-likeness (QED) is 0.0563. The van der Waals surface area contributed by atoms with Gasteiger partial charge in [0.15, 0.2) is 6.10 Å². The van der Waals surface area contributed by atoms with E-state index in [1.807, 2.05) is 6.92 Å². The SMILES string of the molecule is CCC/C=C\C/C=C\CCCCCCCC(=O)OC(COC(=O)CCCC)COP(=O)(O)OCC(N)C(=O)O. The Bertz CT molecular complexity index is 787. The lowest BCUT2D eigenvalue weighted by molar-refractivity contribution is -0.161. The lowest BCUT2D eigenvalue weighted by atomic mass is 10.1. The van der Waals surface area contributed by atoms with Gasteiger partial charge >= 0.3 is 25.7 Å². The van der Waals surface area contributed by atoms with Gasteiger partial charge in [0, 0.05) is 12.8 Å². The summed E-state index contributed by atoms with van der Waals surface area (Å²) in [6, 6.07) is -1.52. The molecule has 0 amide bonds. The largest absolute Gasteiger partial charge is 0.480 e. The summed E-state index contributed by atoms with van der Waals surface area (Å²) in [4.78, 5) is 44.6. The molecule has 0 bridgehead atoms. The molecular weight excluding hydrogens is 529 g/mol. The number of allylic oxidation sites excluding steroid dienone is 4. The van der Waals surface area contributed by atoms with Gasteiger partial charge in [-0.05, 0) is 38.5 Å². The third kappa shape index (κ3) is 23.6. The molecule has 12 heteroatoms. The van der Waals surface area contributed by atoms with Gasteiger partial charge in [0.1, 0.15) is 12.6 Å². The average Bonchev–Trinajstić information content (AvgIpc) is 2.90. The van der Waals surface area contributed by atoms with Gasteiger partial charge in [0.05, 0.1) is 13.2 Å². The van der Waals surface area contributed by atoms with E-state index in [4.69, 9.17) is 24.8 Å². The summed E-state index contributed by atoms with van der Waals surface area (Å²) in [6.07, 6.45) is 18.3. The molecule has 0 aromatic carbocycles. The van der Waals surface area contributed by atoms with Gasteiger partial charge < -0.3 is 25.2 Å². The number of carboxylic acids is 1. The van der Waals surface area contributed by atoms with Gasteiger partial charge in [-0.1, -0.05) is 70.3 Å². The first-order valence-corrected chi connectivity index (χ1v) is 15.4. The molecule has 0 radical (unpaired) electrons. The van der Waals surface area contributed by atoms with Gasteiger partial charge in [-0.3, -0.25) is 23.4 Å². The van der Waals surface area contributed by atoms with Crippen LogP contribution in [0.4, 0.5) is 0 Å². The monoisotopic (exact) mass is 577 g/mol. The summed E-state index contributed by atoms with van der Waals surface area (Å²) in [7, 11) is -4.68. The van der Waals surface area contributed by atoms with Crippen molar-refractivity contribution >= 4 is 25.7 Å². The first-order chi connectivity index (χ1) is 18.6. The van der Waals surface area contributed by atoms with E-state index in [9.17, 15) is 23.8 Å². The average molecular weight is 578 g/mol. The predicted octanol–water partition coefficient (Wildman–Crippen LogP) is 5.21. The molecule has 0 fully saturated rings. The summed E-state index contributed by atoms with van der Waals surface area (Å²) in [5, 5.41) is 8.74. The number of hydrogen-bond donors (Lipinski definition) is 3. The van der Waals surface area contributed by atoms with Crippen molar-refractivity contribution in [1.82, 2.24) is 0 Å². The molecule has 4 N–H and O–H groups in total. The summed E-state index contributed by atoms with van der Waals surface area (Å²) in [5.74, 6) is -2.45. The van der Waals surface area contributed by atoms with Crippen LogP contribution in [-0.2, 0) is 37.5 Å². The van der Waals surface area contributed by atoms with Gasteiger partial charge in [-0.25, -0.2) is 4.57 Å². The Hall–Kier alpha value is -2.04. The Morgan fingerprint density at radius 1 is 0.795 bits per heavy atom. The van der Waals surface area contributed by atoms with Crippen molar-refractivity contribution in [3.05, 3.63) is 24.3 Å². The van der Waals surface area contributed by atoms with Crippen LogP contribution < -0.4 is 5.73 Å². The van der Waals surface area contributed by atoms with E-state index in [2.05, 4.69) is 35.8 Å². The van der Waals surface area contributed by atoms with Crippen LogP contribution in [0.1, 0.15) is 97.3 Å². The fraction of sp³-hybridized carbons (Fsp3) is 0.741. The van der Waals surface area contributed by atoms with Crippen LogP contribution >= 0.6 is 7.82 Å². The summed E-state index contributed by atoms with van der Waals surface area (Å²) in [6.45, 7) is 2.37. The number of carbonyl (C=O) groups excluding carboxylic acids is 2. The molecule has 3 unspecified atom stereocenters. The molecule has 226 valence electrons. The molecule has 0 spiro atoms. The Morgan fingerprint density at radius 3 is 2.08 bits per heavy atom. The lowest BCUT2D eigenvalue weighted by Gasteiger charge is -2.20. The second kappa shape index (κ2) is 23.8. The number of unbranched alkanes of at least 4 members (excludes halogenated alkanes) is 7. The molecule has 0 saturated carbocycles. The number of hydrogen-bond acceptors (Lipinski definition) is 9. The van der Waals surface area contributed by atoms with Crippen LogP contribution in [0.15, 0.2) is 24.3 Å². The molecule has 0 aliphatic rings. The number of phosphoric ester groups is 1. The van der Waals surface area contributed by atoms with E-state index in [1.54, 1.807) is 0 Å². The van der Waals surface area contributed by atoms with Crippen LogP contribution in [0.2, 0.25) is 0 Å². The van der Waals surface area contributed by atoms with Crippen molar-refractivity contribution in [2.24, 2.45) is 5.73 Å². The minimum atomic E-state index is -4.68. The number of nitrogens with two attached hydrogens (primary N) is 1. The van der Waals surface area contributed by atoms with E-state index in [0.717, 1.165) is 57.8 Å². The zero-order valence-electron chi connectivity index (χ0n) is 23.5. The van der Waals surface area contributed by atoms with Crippen LogP contribution in [0, 0.1) is 0 Å². The van der Waals surface area contributed by atoms with E-state index < -0.39 is 51.1 Å². The zero-order valence-corrected chi connectivity index (χ0v) is 24.4. The Labute approximate surface area is 232 Å². The Balaban J connectivity index is 4.42. The van der Waals surface area contributed by atoms with E-state index >= 15 is 0 Å². The maximum Gasteiger partial charge on any atom is 0.472 e. The molecule has 0 heterocycles. The zero-order chi connectivity index (χ0) is 29.4. The summed E-state index contributed by atoms with van der Waals surface area (Å²) < 4.78 is 31.8. The molecule has 11 nitrogen and oxygen atoms in total. The van der Waals surface area contributed by atoms with Gasteiger partial charge in [-0.15, -0.1) is 0 Å². The van der Waals surface area contributed by atoms with Crippen molar-refractivity contribution in [2.75, 3.05) is 19.8 Å². The number of phosphoric acid groups is 1. The fourth-order valence-corrected chi connectivity index (χ4v) is 3.91. The molecule has 0 saturated heterocycles. The number of carboxylic acid groups (broad SMARTS) is 1. The van der Waals surface area contributed by atoms with Gasteiger partial charge in [-0.2, -0.15) is 0 Å². The van der Waals surface area contributed by atoms with Crippen LogP contribution in [-0.4, -0.2) is 59.9 Å². The Kier molecular flexibility index (Phi) is 22.6. The highest BCUT2D eigenvalue weighted by atomic mass is 31.2. The molecular formula is C27H48NO10P. The molecule has 0 aliphatic heterocycles. The summed E-state index contributed by atoms with van der Waals surface area (Å²) >= 11 is 0. The molecule has 0 aliphatic carbocycles. The van der Waals surface area contributed by atoms with Crippen molar-refractivity contribution in [3.8, 4) is 0 Å². The number of aliphatic carboxylic acids is 1. The van der Waals surface area contributed by atoms with Crippen molar-refractivity contribution in [3.63, 3.8) is 0 Å². The van der Waals surface area contributed by atoms with E-state index in [1.165, 1.54) is 0 Å². The number of esters is 2. The third-order valence-electron chi connectivity index (χ3n) is 5.43. The number of ether oxygens (including phenoxy) is 2. The molecule has 0 aromatic heterocycles. The highest BCUT2D eigenvalue weighted by Gasteiger charge is 2.28. The number of carbonyl (C=O) groups is 3. The molecule has 0 aromatic rings. The first-order valence-electron chi connectivity index (χ1n) is 13.9. The second-order valence-electron chi connectivity index (χ2n) is 9.18. The highest BCUT2D eigenvalue weighted by Crippen LogP contribution is 2.43. The number of rotatable bonds is 25. The standard InChI is InChI=1S/C27H48NO10P/c1-3-5-7-8-9-10-11-12-13-14-15-16-17-19-26(30)38-23(20-35-25(29)18-6-4-2)21-36-39(33,34)37-22-24(28)27(31)32/h7-8,10-11,23-24H,3-6,9,12-22,28H2,1-2H3,(H,31,32)(H,33,34)/b8-7-,11-10-. The van der Waals surface area contributed by atoms with Crippen LogP contribution in [0.25, 0.3) is 0 Å². The fourth-order valence-electron chi connectivity index (χ4n) is 3.14. The smallest absolute Gasteiger partial charge is 0.472 e. The second-order valence-corrected chi connectivity index (χ2v) is 10.6. The molecule has 3 atom stereocenters. The van der Waals surface area contributed by atoms with Gasteiger partial charge in [0.2, 0.25) is 0 Å². The van der Waals surface area contributed by atoms with Crippen LogP contribution in [0.5, 0.6) is 0 Å². The van der Waals surface area contributed by atoms with Crippen LogP contribution in [0.3, 0.4) is 0 Å². The summed E-state index contributed by atoms with van der Waals surface area (Å²) in [5.41, 5.74) is 5.24. The first kappa shape index (κ1) is 37.0. The van der Waals surface area contributed by atoms with Crippen molar-refractivity contribution < 1.29 is 47.5 Å². The molecule has 0 rings (SSSR count). The van der Waals surface area contributed by atoms with Crippen molar-refractivity contribution in [1.29, 1.82) is 0 Å². The van der Waals surface area contributed by atoms with E-state index in [0.29, 0.717) is 12.8 Å². The third-order valence-corrected chi connectivity index (χ3v) is 6.38. The minimum absolute atomic E-state index is 0.144. The lowest BCUT2D eigenvalue weighted by Crippen LogP contribution is -2.34. The maximum absolute atomic E-state index is 12.3. The van der Waals surface area contributed by atoms with Gasteiger partial charge in [0.25, 0.3) is 0 Å². The topological polar surface area (TPSA) is 172 Å². The highest BCUT2D eigenvalue weighted by molar-refractivity contribution is 7.47. The molecule has 39 heavy (non-hydrogen) atoms. The van der Waals surface area contributed by atoms with E-state index in [-0.39, 0.29) is 19.4 Å². The predicted molar refractivity (Wildman–Crippen MR) is 148 cm³/mol. The normalized spacial score (nSPS) is 14.8. The maximum atomic E-state index is 12.3.